The third kappa shape index (κ3) is 2.55. The first-order valence-electron chi connectivity index (χ1n) is 6.23. The van der Waals surface area contributed by atoms with E-state index < -0.39 is 23.3 Å². The number of carboxylic acids is 2. The molecule has 0 saturated carbocycles. The predicted molar refractivity (Wildman–Crippen MR) is 79.5 cm³/mol. The fourth-order valence-electron chi connectivity index (χ4n) is 2.05. The van der Waals surface area contributed by atoms with Crippen molar-refractivity contribution in [2.45, 2.75) is 0 Å². The summed E-state index contributed by atoms with van der Waals surface area (Å²) >= 11 is 5.86. The summed E-state index contributed by atoms with van der Waals surface area (Å²) in [7, 11) is 0. The van der Waals surface area contributed by atoms with Crippen LogP contribution in [-0.2, 0) is 0 Å². The van der Waals surface area contributed by atoms with E-state index in [0.717, 1.165) is 16.9 Å². The molecule has 0 aliphatic heterocycles. The molecule has 8 nitrogen and oxygen atoms in total. The van der Waals surface area contributed by atoms with E-state index in [1.807, 2.05) is 0 Å². The number of aromatic carboxylic acids is 2. The predicted octanol–water partition coefficient (Wildman–Crippen LogP) is 2.18. The van der Waals surface area contributed by atoms with E-state index in [-0.39, 0.29) is 11.3 Å². The van der Waals surface area contributed by atoms with Crippen LogP contribution < -0.4 is 0 Å². The van der Waals surface area contributed by atoms with Crippen LogP contribution in [0.3, 0.4) is 0 Å². The molecule has 0 bridgehead atoms. The van der Waals surface area contributed by atoms with Crippen LogP contribution in [-0.4, -0.2) is 42.3 Å². The van der Waals surface area contributed by atoms with Gasteiger partial charge in [-0.3, -0.25) is 0 Å². The van der Waals surface area contributed by atoms with E-state index in [9.17, 15) is 14.7 Å². The summed E-state index contributed by atoms with van der Waals surface area (Å²) in [5.74, 6) is -3.44. The summed E-state index contributed by atoms with van der Waals surface area (Å²) < 4.78 is 0. The minimum Gasteiger partial charge on any atom is -0.505 e. The first-order chi connectivity index (χ1) is 10.9. The van der Waals surface area contributed by atoms with Gasteiger partial charge in [0, 0.05) is 5.02 Å². The second-order valence-corrected chi connectivity index (χ2v) is 5.06. The quantitative estimate of drug-likeness (QED) is 0.670. The van der Waals surface area contributed by atoms with E-state index in [4.69, 9.17) is 21.8 Å². The van der Waals surface area contributed by atoms with Crippen molar-refractivity contribution in [3.8, 4) is 11.4 Å². The number of fused-ring (bicyclic) bond motifs is 1. The largest absolute Gasteiger partial charge is 0.505 e. The van der Waals surface area contributed by atoms with Gasteiger partial charge < -0.3 is 15.3 Å². The van der Waals surface area contributed by atoms with Gasteiger partial charge in [0.15, 0.2) is 5.75 Å². The van der Waals surface area contributed by atoms with Crippen molar-refractivity contribution in [2.24, 2.45) is 0 Å². The maximum Gasteiger partial charge on any atom is 0.339 e. The average molecular weight is 334 g/mol. The van der Waals surface area contributed by atoms with Gasteiger partial charge in [0.1, 0.15) is 22.3 Å². The van der Waals surface area contributed by atoms with E-state index in [2.05, 4.69) is 10.2 Å². The number of nitrogens with zero attached hydrogens (tertiary/aromatic N) is 3. The second kappa shape index (κ2) is 5.25. The van der Waals surface area contributed by atoms with Crippen molar-refractivity contribution in [1.29, 1.82) is 0 Å². The summed E-state index contributed by atoms with van der Waals surface area (Å²) in [6.45, 7) is 0. The molecule has 0 amide bonds. The van der Waals surface area contributed by atoms with Gasteiger partial charge in [-0.2, -0.15) is 0 Å². The van der Waals surface area contributed by atoms with Crippen molar-refractivity contribution >= 4 is 34.6 Å². The molecule has 0 unspecified atom stereocenters. The van der Waals surface area contributed by atoms with Crippen molar-refractivity contribution in [3.63, 3.8) is 0 Å². The van der Waals surface area contributed by atoms with Gasteiger partial charge in [0.25, 0.3) is 0 Å². The van der Waals surface area contributed by atoms with E-state index >= 15 is 0 Å². The molecule has 0 aliphatic carbocycles. The molecule has 23 heavy (non-hydrogen) atoms. The van der Waals surface area contributed by atoms with E-state index in [1.54, 1.807) is 12.1 Å². The molecule has 3 aromatic rings. The number of hydrogen-bond acceptors (Lipinski definition) is 5. The SMILES string of the molecule is O=C(O)c1cc(C(=O)O)c(O)c(-n2nc3ccc(Cl)cc3n2)c1. The molecular formula is C14H8ClN3O5. The van der Waals surface area contributed by atoms with Gasteiger partial charge in [0.2, 0.25) is 0 Å². The number of phenols is 1. The van der Waals surface area contributed by atoms with Crippen LogP contribution in [0, 0.1) is 0 Å². The Hall–Kier alpha value is -3.13. The zero-order valence-electron chi connectivity index (χ0n) is 11.3. The molecule has 0 spiro atoms. The Morgan fingerprint density at radius 2 is 1.70 bits per heavy atom. The minimum atomic E-state index is -1.47. The molecule has 3 rings (SSSR count). The number of carboxylic acid groups (broad SMARTS) is 2. The van der Waals surface area contributed by atoms with Crippen molar-refractivity contribution in [1.82, 2.24) is 15.0 Å². The maximum absolute atomic E-state index is 11.2. The zero-order chi connectivity index (χ0) is 16.7. The lowest BCUT2D eigenvalue weighted by Gasteiger charge is -2.07. The van der Waals surface area contributed by atoms with Crippen LogP contribution in [0.2, 0.25) is 5.02 Å². The summed E-state index contributed by atoms with van der Waals surface area (Å²) in [6, 6.07) is 6.68. The lowest BCUT2D eigenvalue weighted by molar-refractivity contribution is 0.0693. The summed E-state index contributed by atoms with van der Waals surface area (Å²) in [5, 5.41) is 36.9. The molecule has 9 heteroatoms. The maximum atomic E-state index is 11.2. The van der Waals surface area contributed by atoms with Crippen LogP contribution in [0.25, 0.3) is 16.7 Å². The highest BCUT2D eigenvalue weighted by Crippen LogP contribution is 2.28. The number of hydrogen-bond donors (Lipinski definition) is 3. The number of aromatic nitrogens is 3. The third-order valence-corrected chi connectivity index (χ3v) is 3.36. The lowest BCUT2D eigenvalue weighted by Crippen LogP contribution is -2.08. The molecule has 0 fully saturated rings. The molecule has 0 radical (unpaired) electrons. The normalized spacial score (nSPS) is 10.8. The van der Waals surface area contributed by atoms with Crippen LogP contribution in [0.1, 0.15) is 20.7 Å². The Morgan fingerprint density at radius 3 is 2.35 bits per heavy atom. The Kier molecular flexibility index (Phi) is 3.38. The highest BCUT2D eigenvalue weighted by molar-refractivity contribution is 6.31. The minimum absolute atomic E-state index is 0.158. The number of carbonyl (C=O) groups is 2. The number of benzene rings is 2. The van der Waals surface area contributed by atoms with Gasteiger partial charge in [0.05, 0.1) is 5.56 Å². The molecule has 1 heterocycles. The van der Waals surface area contributed by atoms with Crippen molar-refractivity contribution < 1.29 is 24.9 Å². The topological polar surface area (TPSA) is 126 Å². The molecule has 116 valence electrons. The Bertz CT molecular complexity index is 966. The van der Waals surface area contributed by atoms with E-state index in [0.29, 0.717) is 16.1 Å². The molecule has 2 aromatic carbocycles. The van der Waals surface area contributed by atoms with Crippen molar-refractivity contribution in [3.05, 3.63) is 46.5 Å². The van der Waals surface area contributed by atoms with Crippen LogP contribution in [0.5, 0.6) is 5.75 Å². The Labute approximate surface area is 133 Å². The fraction of sp³-hybridized carbons (Fsp3) is 0. The standard InChI is InChI=1S/C14H8ClN3O5/c15-7-1-2-9-10(5-7)17-18(16-9)11-4-6(13(20)21)3-8(12(11)19)14(22)23/h1-5,19H,(H,20,21)(H,22,23). The zero-order valence-corrected chi connectivity index (χ0v) is 12.0. The lowest BCUT2D eigenvalue weighted by atomic mass is 10.1. The van der Waals surface area contributed by atoms with Gasteiger partial charge >= 0.3 is 11.9 Å². The first-order valence-corrected chi connectivity index (χ1v) is 6.61. The molecule has 0 atom stereocenters. The first kappa shape index (κ1) is 14.8. The monoisotopic (exact) mass is 333 g/mol. The smallest absolute Gasteiger partial charge is 0.339 e. The van der Waals surface area contributed by atoms with E-state index in [1.165, 1.54) is 6.07 Å². The average Bonchev–Trinajstić information content (AvgIpc) is 2.89. The fourth-order valence-corrected chi connectivity index (χ4v) is 2.22. The van der Waals surface area contributed by atoms with Crippen LogP contribution in [0.4, 0.5) is 0 Å². The Balaban J connectivity index is 2.28. The molecule has 1 aromatic heterocycles. The summed E-state index contributed by atoms with van der Waals surface area (Å²) in [5.41, 5.74) is -0.163. The van der Waals surface area contributed by atoms with Crippen LogP contribution in [0.15, 0.2) is 30.3 Å². The number of halogens is 1. The summed E-state index contributed by atoms with van der Waals surface area (Å²) in [4.78, 5) is 23.3. The molecule has 3 N–H and O–H groups in total. The molecular weight excluding hydrogens is 326 g/mol. The van der Waals surface area contributed by atoms with Gasteiger partial charge in [-0.15, -0.1) is 15.0 Å². The molecule has 0 aliphatic rings. The summed E-state index contributed by atoms with van der Waals surface area (Å²) in [6.07, 6.45) is 0. The van der Waals surface area contributed by atoms with Gasteiger partial charge in [-0.05, 0) is 30.3 Å². The highest BCUT2D eigenvalue weighted by Gasteiger charge is 2.21. The van der Waals surface area contributed by atoms with Crippen LogP contribution >= 0.6 is 11.6 Å². The van der Waals surface area contributed by atoms with Gasteiger partial charge in [-0.25, -0.2) is 9.59 Å². The second-order valence-electron chi connectivity index (χ2n) is 4.62. The molecule has 0 saturated heterocycles. The van der Waals surface area contributed by atoms with Crippen molar-refractivity contribution in [2.75, 3.05) is 0 Å². The Morgan fingerprint density at radius 1 is 1.00 bits per heavy atom. The number of aromatic hydroxyl groups is 1. The highest BCUT2D eigenvalue weighted by atomic mass is 35.5. The van der Waals surface area contributed by atoms with Gasteiger partial charge in [-0.1, -0.05) is 11.6 Å². The third-order valence-electron chi connectivity index (χ3n) is 3.13. The number of rotatable bonds is 3.